The predicted molar refractivity (Wildman–Crippen MR) is 72.2 cm³/mol. The van der Waals surface area contributed by atoms with Crippen molar-refractivity contribution >= 4 is 23.6 Å². The molecule has 1 heterocycles. The van der Waals surface area contributed by atoms with Gasteiger partial charge in [0.05, 0.1) is 11.4 Å². The van der Waals surface area contributed by atoms with Crippen LogP contribution in [0.3, 0.4) is 0 Å². The van der Waals surface area contributed by atoms with E-state index in [1.807, 2.05) is 20.8 Å². The third-order valence-electron chi connectivity index (χ3n) is 3.02. The summed E-state index contributed by atoms with van der Waals surface area (Å²) in [5.41, 5.74) is 5.88. The standard InChI is InChI=1S/C12H22N2O3S/c1-4-10-14(9(6-18-10)12(16)17)11(15)8(13)5-7(2)3/h7-10H,4-6,13H2,1-3H3,(H,16,17). The summed E-state index contributed by atoms with van der Waals surface area (Å²) in [6.07, 6.45) is 1.33. The van der Waals surface area contributed by atoms with Crippen LogP contribution in [-0.4, -0.2) is 45.1 Å². The molecular formula is C12H22N2O3S. The second kappa shape index (κ2) is 6.43. The molecule has 3 unspecified atom stereocenters. The number of amides is 1. The number of hydrogen-bond donors (Lipinski definition) is 2. The molecule has 5 nitrogen and oxygen atoms in total. The Labute approximate surface area is 112 Å². The normalized spacial score (nSPS) is 25.5. The number of hydrogen-bond acceptors (Lipinski definition) is 4. The van der Waals surface area contributed by atoms with Gasteiger partial charge in [0.2, 0.25) is 5.91 Å². The Morgan fingerprint density at radius 3 is 2.56 bits per heavy atom. The van der Waals surface area contributed by atoms with E-state index in [2.05, 4.69) is 0 Å². The van der Waals surface area contributed by atoms with Crippen molar-refractivity contribution in [1.29, 1.82) is 0 Å². The summed E-state index contributed by atoms with van der Waals surface area (Å²) < 4.78 is 0. The number of carboxylic acid groups (broad SMARTS) is 1. The first-order chi connectivity index (χ1) is 8.38. The maximum atomic E-state index is 12.3. The molecule has 0 bridgehead atoms. The van der Waals surface area contributed by atoms with Crippen LogP contribution < -0.4 is 5.73 Å². The molecule has 1 fully saturated rings. The van der Waals surface area contributed by atoms with Crippen LogP contribution in [0.15, 0.2) is 0 Å². The second-order valence-corrected chi connectivity index (χ2v) is 6.24. The minimum absolute atomic E-state index is 0.0585. The molecule has 104 valence electrons. The minimum atomic E-state index is -0.941. The van der Waals surface area contributed by atoms with Gasteiger partial charge in [-0.05, 0) is 18.8 Å². The second-order valence-electron chi connectivity index (χ2n) is 5.03. The summed E-state index contributed by atoms with van der Waals surface area (Å²) in [5, 5.41) is 9.10. The van der Waals surface area contributed by atoms with Crippen molar-refractivity contribution in [2.75, 3.05) is 5.75 Å². The highest BCUT2D eigenvalue weighted by molar-refractivity contribution is 8.00. The molecule has 0 aromatic carbocycles. The molecule has 0 spiro atoms. The van der Waals surface area contributed by atoms with Gasteiger partial charge < -0.3 is 15.7 Å². The Bertz CT molecular complexity index is 322. The molecule has 3 N–H and O–H groups in total. The van der Waals surface area contributed by atoms with E-state index < -0.39 is 18.1 Å². The largest absolute Gasteiger partial charge is 0.480 e. The fourth-order valence-electron chi connectivity index (χ4n) is 2.16. The zero-order chi connectivity index (χ0) is 13.9. The Kier molecular flexibility index (Phi) is 5.47. The van der Waals surface area contributed by atoms with Gasteiger partial charge in [-0.3, -0.25) is 4.79 Å². The number of carbonyl (C=O) groups is 2. The molecule has 6 heteroatoms. The van der Waals surface area contributed by atoms with Crippen LogP contribution in [0.5, 0.6) is 0 Å². The Morgan fingerprint density at radius 2 is 2.11 bits per heavy atom. The van der Waals surface area contributed by atoms with Gasteiger partial charge in [0.1, 0.15) is 6.04 Å². The molecule has 1 saturated heterocycles. The number of carbonyl (C=O) groups excluding carboxylic acids is 1. The van der Waals surface area contributed by atoms with Crippen molar-refractivity contribution in [3.8, 4) is 0 Å². The lowest BCUT2D eigenvalue weighted by Crippen LogP contribution is -2.52. The van der Waals surface area contributed by atoms with Crippen LogP contribution in [0.25, 0.3) is 0 Å². The molecule has 0 saturated carbocycles. The lowest BCUT2D eigenvalue weighted by molar-refractivity contribution is -0.149. The van der Waals surface area contributed by atoms with E-state index in [9.17, 15) is 9.59 Å². The van der Waals surface area contributed by atoms with E-state index in [1.165, 1.54) is 16.7 Å². The molecule has 18 heavy (non-hydrogen) atoms. The molecule has 1 amide bonds. The number of thioether (sulfide) groups is 1. The van der Waals surface area contributed by atoms with E-state index in [-0.39, 0.29) is 11.3 Å². The average molecular weight is 274 g/mol. The highest BCUT2D eigenvalue weighted by atomic mass is 32.2. The number of aliphatic carboxylic acids is 1. The highest BCUT2D eigenvalue weighted by Crippen LogP contribution is 2.32. The van der Waals surface area contributed by atoms with E-state index in [1.54, 1.807) is 0 Å². The number of carboxylic acids is 1. The van der Waals surface area contributed by atoms with Gasteiger partial charge >= 0.3 is 5.97 Å². The molecule has 1 rings (SSSR count). The van der Waals surface area contributed by atoms with Gasteiger partial charge in [-0.1, -0.05) is 20.8 Å². The number of rotatable bonds is 5. The van der Waals surface area contributed by atoms with E-state index in [0.717, 1.165) is 6.42 Å². The lowest BCUT2D eigenvalue weighted by atomic mass is 10.0. The van der Waals surface area contributed by atoms with E-state index >= 15 is 0 Å². The van der Waals surface area contributed by atoms with Gasteiger partial charge in [0.25, 0.3) is 0 Å². The molecule has 0 aliphatic carbocycles. The van der Waals surface area contributed by atoms with Crippen molar-refractivity contribution in [3.05, 3.63) is 0 Å². The minimum Gasteiger partial charge on any atom is -0.480 e. The van der Waals surface area contributed by atoms with Crippen molar-refractivity contribution in [1.82, 2.24) is 4.90 Å². The zero-order valence-corrected chi connectivity index (χ0v) is 11.9. The van der Waals surface area contributed by atoms with Crippen molar-refractivity contribution in [2.45, 2.75) is 51.1 Å². The topological polar surface area (TPSA) is 83.6 Å². The van der Waals surface area contributed by atoms with Gasteiger partial charge in [-0.15, -0.1) is 11.8 Å². The fourth-order valence-corrected chi connectivity index (χ4v) is 3.52. The van der Waals surface area contributed by atoms with Gasteiger partial charge in [-0.2, -0.15) is 0 Å². The Hall–Kier alpha value is -0.750. The van der Waals surface area contributed by atoms with Crippen LogP contribution in [0.2, 0.25) is 0 Å². The van der Waals surface area contributed by atoms with Crippen molar-refractivity contribution < 1.29 is 14.7 Å². The first-order valence-electron chi connectivity index (χ1n) is 6.30. The summed E-state index contributed by atoms with van der Waals surface area (Å²) in [6, 6.07) is -1.33. The molecular weight excluding hydrogens is 252 g/mol. The average Bonchev–Trinajstić information content (AvgIpc) is 2.70. The Balaban J connectivity index is 2.81. The van der Waals surface area contributed by atoms with Crippen LogP contribution in [0.4, 0.5) is 0 Å². The van der Waals surface area contributed by atoms with Crippen LogP contribution in [0, 0.1) is 5.92 Å². The van der Waals surface area contributed by atoms with Gasteiger partial charge in [0, 0.05) is 5.75 Å². The van der Waals surface area contributed by atoms with Crippen molar-refractivity contribution in [2.24, 2.45) is 11.7 Å². The third kappa shape index (κ3) is 3.38. The van der Waals surface area contributed by atoms with Gasteiger partial charge in [0.15, 0.2) is 0 Å². The molecule has 3 atom stereocenters. The zero-order valence-electron chi connectivity index (χ0n) is 11.1. The quantitative estimate of drug-likeness (QED) is 0.785. The maximum Gasteiger partial charge on any atom is 0.327 e. The van der Waals surface area contributed by atoms with Gasteiger partial charge in [-0.25, -0.2) is 4.79 Å². The van der Waals surface area contributed by atoms with E-state index in [0.29, 0.717) is 18.1 Å². The summed E-state index contributed by atoms with van der Waals surface area (Å²) in [7, 11) is 0. The first kappa shape index (κ1) is 15.3. The molecule has 0 aromatic rings. The first-order valence-corrected chi connectivity index (χ1v) is 7.35. The molecule has 0 radical (unpaired) electrons. The smallest absolute Gasteiger partial charge is 0.327 e. The number of nitrogens with two attached hydrogens (primary N) is 1. The maximum absolute atomic E-state index is 12.3. The summed E-state index contributed by atoms with van der Waals surface area (Å²) in [5.74, 6) is -0.396. The molecule has 0 aromatic heterocycles. The highest BCUT2D eigenvalue weighted by Gasteiger charge is 2.42. The fraction of sp³-hybridized carbons (Fsp3) is 0.833. The SMILES string of the molecule is CCC1SCC(C(=O)O)N1C(=O)C(N)CC(C)C. The molecule has 1 aliphatic rings. The summed E-state index contributed by atoms with van der Waals surface area (Å²) in [4.78, 5) is 24.9. The van der Waals surface area contributed by atoms with Crippen LogP contribution in [-0.2, 0) is 9.59 Å². The monoisotopic (exact) mass is 274 g/mol. The van der Waals surface area contributed by atoms with Crippen LogP contribution >= 0.6 is 11.8 Å². The number of nitrogens with zero attached hydrogens (tertiary/aromatic N) is 1. The summed E-state index contributed by atoms with van der Waals surface area (Å²) in [6.45, 7) is 5.95. The van der Waals surface area contributed by atoms with E-state index in [4.69, 9.17) is 10.8 Å². The lowest BCUT2D eigenvalue weighted by Gasteiger charge is -2.29. The Morgan fingerprint density at radius 1 is 1.50 bits per heavy atom. The van der Waals surface area contributed by atoms with Crippen molar-refractivity contribution in [3.63, 3.8) is 0 Å². The summed E-state index contributed by atoms with van der Waals surface area (Å²) >= 11 is 1.52. The third-order valence-corrected chi connectivity index (χ3v) is 4.48. The predicted octanol–water partition coefficient (Wildman–Crippen LogP) is 1.12. The molecule has 1 aliphatic heterocycles. The van der Waals surface area contributed by atoms with Crippen LogP contribution in [0.1, 0.15) is 33.6 Å².